The van der Waals surface area contributed by atoms with Crippen LogP contribution in [0.25, 0.3) is 0 Å². The van der Waals surface area contributed by atoms with Gasteiger partial charge in [-0.15, -0.1) is 4.28 Å². The lowest BCUT2D eigenvalue weighted by molar-refractivity contribution is 0.320. The minimum atomic E-state index is -4.50. The van der Waals surface area contributed by atoms with Gasteiger partial charge in [0.05, 0.1) is 5.69 Å². The molecule has 4 N–H and O–H groups in total. The van der Waals surface area contributed by atoms with Crippen LogP contribution < -0.4 is 11.2 Å². The topological polar surface area (TPSA) is 102 Å². The van der Waals surface area contributed by atoms with E-state index in [0.29, 0.717) is 11.4 Å². The number of nitrogen functional groups attached to an aromatic ring is 1. The summed E-state index contributed by atoms with van der Waals surface area (Å²) in [6.07, 6.45) is 0. The van der Waals surface area contributed by atoms with E-state index in [1.54, 1.807) is 26.0 Å². The Morgan fingerprint density at radius 1 is 1.33 bits per heavy atom. The Bertz CT molecular complexity index is 470. The number of rotatable bonds is 3. The molecule has 84 valence electrons. The average Bonchev–Trinajstić information content (AvgIpc) is 2.12. The minimum Gasteiger partial charge on any atom is -0.399 e. The van der Waals surface area contributed by atoms with E-state index in [9.17, 15) is 8.42 Å². The molecule has 0 aliphatic rings. The highest BCUT2D eigenvalue weighted by Crippen LogP contribution is 2.23. The van der Waals surface area contributed by atoms with E-state index in [-0.39, 0.29) is 0 Å². The molecule has 0 saturated heterocycles. The van der Waals surface area contributed by atoms with Crippen molar-refractivity contribution in [3.05, 3.63) is 23.3 Å². The number of nitrogens with two attached hydrogens (primary N) is 1. The smallest absolute Gasteiger partial charge is 0.399 e. The van der Waals surface area contributed by atoms with Gasteiger partial charge in [-0.05, 0) is 37.1 Å². The van der Waals surface area contributed by atoms with Crippen LogP contribution in [0.5, 0.6) is 0 Å². The lowest BCUT2D eigenvalue weighted by atomic mass is 10.1. The van der Waals surface area contributed by atoms with Crippen LogP contribution in [0.4, 0.5) is 11.4 Å². The lowest BCUT2D eigenvalue weighted by Gasteiger charge is -2.11. The molecule has 0 aliphatic carbocycles. The molecule has 0 bridgehead atoms. The fourth-order valence-corrected chi connectivity index (χ4v) is 1.24. The Morgan fingerprint density at radius 2 is 1.93 bits per heavy atom. The molecular weight excluding hydrogens is 220 g/mol. The second-order valence-electron chi connectivity index (χ2n) is 3.07. The third kappa shape index (κ3) is 3.08. The third-order valence-electron chi connectivity index (χ3n) is 2.09. The summed E-state index contributed by atoms with van der Waals surface area (Å²) in [4.78, 5) is 0. The maximum absolute atomic E-state index is 10.3. The summed E-state index contributed by atoms with van der Waals surface area (Å²) in [5.41, 5.74) is 10.4. The Labute approximate surface area is 88.0 Å². The second kappa shape index (κ2) is 4.05. The number of hydrogen-bond donors (Lipinski definition) is 3. The second-order valence-corrected chi connectivity index (χ2v) is 4.09. The van der Waals surface area contributed by atoms with Crippen LogP contribution in [-0.4, -0.2) is 13.0 Å². The van der Waals surface area contributed by atoms with Crippen molar-refractivity contribution in [2.24, 2.45) is 0 Å². The van der Waals surface area contributed by atoms with E-state index in [1.165, 1.54) is 0 Å². The molecule has 0 saturated carbocycles. The first-order valence-electron chi connectivity index (χ1n) is 4.09. The van der Waals surface area contributed by atoms with Gasteiger partial charge in [-0.3, -0.25) is 4.55 Å². The van der Waals surface area contributed by atoms with Gasteiger partial charge in [0.15, 0.2) is 0 Å². The molecule has 0 spiro atoms. The summed E-state index contributed by atoms with van der Waals surface area (Å²) in [5, 5.41) is 0. The van der Waals surface area contributed by atoms with Crippen molar-refractivity contribution in [2.45, 2.75) is 13.8 Å². The average molecular weight is 232 g/mol. The summed E-state index contributed by atoms with van der Waals surface area (Å²) in [5.74, 6) is 0. The van der Waals surface area contributed by atoms with Crippen LogP contribution in [-0.2, 0) is 14.7 Å². The van der Waals surface area contributed by atoms with Gasteiger partial charge in [0.1, 0.15) is 0 Å². The summed E-state index contributed by atoms with van der Waals surface area (Å²) >= 11 is 0. The van der Waals surface area contributed by atoms with Crippen molar-refractivity contribution in [1.29, 1.82) is 0 Å². The predicted molar refractivity (Wildman–Crippen MR) is 56.6 cm³/mol. The summed E-state index contributed by atoms with van der Waals surface area (Å²) in [7, 11) is -4.50. The number of benzene rings is 1. The van der Waals surface area contributed by atoms with Crippen molar-refractivity contribution in [1.82, 2.24) is 0 Å². The molecule has 1 rings (SSSR count). The quantitative estimate of drug-likeness (QED) is 0.409. The molecule has 0 fully saturated rings. The highest BCUT2D eigenvalue weighted by Gasteiger charge is 2.08. The fourth-order valence-electron chi connectivity index (χ4n) is 1.05. The molecule has 0 amide bonds. The van der Waals surface area contributed by atoms with Crippen LogP contribution >= 0.6 is 0 Å². The van der Waals surface area contributed by atoms with E-state index in [1.807, 2.05) is 0 Å². The lowest BCUT2D eigenvalue weighted by Crippen LogP contribution is -2.11. The van der Waals surface area contributed by atoms with Gasteiger partial charge in [-0.1, -0.05) is 0 Å². The molecule has 0 aliphatic heterocycles. The molecule has 1 aromatic carbocycles. The first-order chi connectivity index (χ1) is 6.81. The highest BCUT2D eigenvalue weighted by molar-refractivity contribution is 7.80. The molecule has 0 unspecified atom stereocenters. The maximum atomic E-state index is 10.3. The van der Waals surface area contributed by atoms with Crippen molar-refractivity contribution >= 4 is 21.8 Å². The molecule has 15 heavy (non-hydrogen) atoms. The van der Waals surface area contributed by atoms with E-state index in [4.69, 9.17) is 10.3 Å². The molecule has 6 nitrogen and oxygen atoms in total. The summed E-state index contributed by atoms with van der Waals surface area (Å²) in [6, 6.07) is 3.17. The Morgan fingerprint density at radius 3 is 2.47 bits per heavy atom. The van der Waals surface area contributed by atoms with E-state index in [2.05, 4.69) is 9.76 Å². The zero-order chi connectivity index (χ0) is 11.6. The summed E-state index contributed by atoms with van der Waals surface area (Å²) in [6.45, 7) is 3.55. The van der Waals surface area contributed by atoms with Gasteiger partial charge < -0.3 is 5.73 Å². The van der Waals surface area contributed by atoms with Crippen LogP contribution in [0, 0.1) is 13.8 Å². The van der Waals surface area contributed by atoms with Crippen LogP contribution in [0.15, 0.2) is 12.1 Å². The normalized spacial score (nSPS) is 11.4. The first kappa shape index (κ1) is 11.8. The van der Waals surface area contributed by atoms with Gasteiger partial charge >= 0.3 is 10.4 Å². The molecule has 0 radical (unpaired) electrons. The molecule has 0 atom stereocenters. The van der Waals surface area contributed by atoms with Gasteiger partial charge in [-0.25, -0.2) is 5.48 Å². The van der Waals surface area contributed by atoms with Gasteiger partial charge in [0.2, 0.25) is 0 Å². The number of hydrogen-bond acceptors (Lipinski definition) is 5. The van der Waals surface area contributed by atoms with Crippen molar-refractivity contribution < 1.29 is 17.3 Å². The first-order valence-corrected chi connectivity index (χ1v) is 5.45. The van der Waals surface area contributed by atoms with E-state index < -0.39 is 10.4 Å². The Kier molecular flexibility index (Phi) is 3.18. The minimum absolute atomic E-state index is 0.430. The zero-order valence-electron chi connectivity index (χ0n) is 8.31. The SMILES string of the molecule is Cc1c(N)ccc(NOS(=O)(=O)O)c1C. The Balaban J connectivity index is 2.93. The van der Waals surface area contributed by atoms with Crippen LogP contribution in [0.1, 0.15) is 11.1 Å². The fraction of sp³-hybridized carbons (Fsp3) is 0.250. The van der Waals surface area contributed by atoms with Crippen molar-refractivity contribution in [2.75, 3.05) is 11.2 Å². The molecule has 0 aromatic heterocycles. The van der Waals surface area contributed by atoms with Gasteiger partial charge in [-0.2, -0.15) is 8.42 Å². The van der Waals surface area contributed by atoms with Gasteiger partial charge in [0.25, 0.3) is 0 Å². The van der Waals surface area contributed by atoms with Crippen LogP contribution in [0.2, 0.25) is 0 Å². The highest BCUT2D eigenvalue weighted by atomic mass is 32.3. The number of nitrogens with one attached hydrogen (secondary N) is 1. The van der Waals surface area contributed by atoms with Crippen molar-refractivity contribution in [3.63, 3.8) is 0 Å². The standard InChI is InChI=1S/C8H12N2O4S/c1-5-6(2)8(4-3-7(5)9)10-14-15(11,12)13/h3-4,10H,9H2,1-2H3,(H,11,12,13). The molecule has 7 heteroatoms. The van der Waals surface area contributed by atoms with Crippen molar-refractivity contribution in [3.8, 4) is 0 Å². The Hall–Kier alpha value is -1.31. The van der Waals surface area contributed by atoms with Gasteiger partial charge in [0, 0.05) is 5.69 Å². The molecule has 0 heterocycles. The van der Waals surface area contributed by atoms with E-state index in [0.717, 1.165) is 11.1 Å². The third-order valence-corrected chi connectivity index (χ3v) is 2.38. The summed E-state index contributed by atoms with van der Waals surface area (Å²) < 4.78 is 33.0. The largest absolute Gasteiger partial charge is 0.418 e. The molecule has 1 aromatic rings. The number of anilines is 2. The maximum Gasteiger partial charge on any atom is 0.418 e. The zero-order valence-corrected chi connectivity index (χ0v) is 9.13. The van der Waals surface area contributed by atoms with E-state index >= 15 is 0 Å². The monoisotopic (exact) mass is 232 g/mol. The molecular formula is C8H12N2O4S. The van der Waals surface area contributed by atoms with Crippen LogP contribution in [0.3, 0.4) is 0 Å². The predicted octanol–water partition coefficient (Wildman–Crippen LogP) is 1.03.